The third kappa shape index (κ3) is 9.96. The molecule has 0 radical (unpaired) electrons. The van der Waals surface area contributed by atoms with E-state index in [2.05, 4.69) is 58.7 Å². The first-order valence-electron chi connectivity index (χ1n) is 16.4. The van der Waals surface area contributed by atoms with Crippen molar-refractivity contribution < 1.29 is 29.3 Å². The van der Waals surface area contributed by atoms with Gasteiger partial charge in [-0.15, -0.1) is 0 Å². The normalized spacial score (nSPS) is 20.5. The lowest BCUT2D eigenvalue weighted by Gasteiger charge is -2.39. The Hall–Kier alpha value is -3.56. The van der Waals surface area contributed by atoms with E-state index in [4.69, 9.17) is 14.6 Å². The van der Waals surface area contributed by atoms with Gasteiger partial charge in [0.1, 0.15) is 0 Å². The van der Waals surface area contributed by atoms with E-state index in [9.17, 15) is 14.7 Å². The fourth-order valence-electron chi connectivity index (χ4n) is 6.18. The molecule has 0 spiro atoms. The zero-order valence-corrected chi connectivity index (χ0v) is 26.0. The van der Waals surface area contributed by atoms with Crippen LogP contribution in [-0.4, -0.2) is 52.7 Å². The Labute approximate surface area is 266 Å². The summed E-state index contributed by atoms with van der Waals surface area (Å²) in [5, 5.41) is 21.2. The van der Waals surface area contributed by atoms with Crippen LogP contribution in [0.5, 0.6) is 0 Å². The molecule has 3 aromatic carbocycles. The Kier molecular flexibility index (Phi) is 12.2. The zero-order chi connectivity index (χ0) is 31.4. The minimum absolute atomic E-state index is 0.0196. The third-order valence-electron chi connectivity index (χ3n) is 8.75. The number of benzene rings is 3. The van der Waals surface area contributed by atoms with Gasteiger partial charge in [0.05, 0.1) is 18.8 Å². The molecule has 1 amide bonds. The highest BCUT2D eigenvalue weighted by atomic mass is 16.7. The predicted molar refractivity (Wildman–Crippen MR) is 173 cm³/mol. The fraction of sp³-hybridized carbons (Fsp3) is 0.459. The highest BCUT2D eigenvalue weighted by Crippen LogP contribution is 2.39. The Bertz CT molecular complexity index is 1370. The van der Waals surface area contributed by atoms with Gasteiger partial charge in [-0.1, -0.05) is 79.6 Å². The van der Waals surface area contributed by atoms with Gasteiger partial charge in [0.2, 0.25) is 5.91 Å². The number of nitrogens with zero attached hydrogens (tertiary/aromatic N) is 1. The second-order valence-corrected chi connectivity index (χ2v) is 12.3. The van der Waals surface area contributed by atoms with Crippen molar-refractivity contribution in [1.82, 2.24) is 10.2 Å². The van der Waals surface area contributed by atoms with Crippen molar-refractivity contribution in [3.05, 3.63) is 95.1 Å². The zero-order valence-electron chi connectivity index (χ0n) is 26.0. The number of rotatable bonds is 14. The van der Waals surface area contributed by atoms with Crippen molar-refractivity contribution in [2.45, 2.75) is 89.4 Å². The second-order valence-electron chi connectivity index (χ2n) is 12.3. The van der Waals surface area contributed by atoms with E-state index in [-0.39, 0.29) is 31.1 Å². The summed E-state index contributed by atoms with van der Waals surface area (Å²) in [6, 6.07) is 24.5. The van der Waals surface area contributed by atoms with Gasteiger partial charge in [-0.3, -0.25) is 9.59 Å². The molecular weight excluding hydrogens is 568 g/mol. The van der Waals surface area contributed by atoms with Gasteiger partial charge in [0, 0.05) is 37.9 Å². The fourth-order valence-corrected chi connectivity index (χ4v) is 6.18. The van der Waals surface area contributed by atoms with Gasteiger partial charge in [-0.2, -0.15) is 0 Å². The van der Waals surface area contributed by atoms with Crippen molar-refractivity contribution in [3.63, 3.8) is 0 Å². The Morgan fingerprint density at radius 1 is 0.800 bits per heavy atom. The van der Waals surface area contributed by atoms with Gasteiger partial charge in [0.25, 0.3) is 0 Å². The molecular formula is C37H46N2O6. The number of amides is 1. The molecule has 5 rings (SSSR count). The van der Waals surface area contributed by atoms with E-state index >= 15 is 0 Å². The molecule has 2 saturated heterocycles. The minimum Gasteiger partial charge on any atom is -0.481 e. The van der Waals surface area contributed by atoms with E-state index in [1.807, 2.05) is 24.3 Å². The Morgan fingerprint density at radius 3 is 2.27 bits per heavy atom. The van der Waals surface area contributed by atoms with E-state index in [0.29, 0.717) is 25.8 Å². The number of hydrogen-bond donors (Lipinski definition) is 3. The maximum Gasteiger partial charge on any atom is 0.303 e. The SMILES string of the molecule is O=C(O)CCCCCC(=O)NCc1cccc(-c2ccc([C@H]3O[C@@H](CN4CCCCC4)C[C@@H](c4ccc(CO)cc4)O3)cc2)c1. The summed E-state index contributed by atoms with van der Waals surface area (Å²) in [7, 11) is 0. The predicted octanol–water partition coefficient (Wildman–Crippen LogP) is 6.53. The van der Waals surface area contributed by atoms with Crippen LogP contribution in [0.1, 0.15) is 92.4 Å². The topological polar surface area (TPSA) is 108 Å². The van der Waals surface area contributed by atoms with E-state index in [1.165, 1.54) is 19.3 Å². The van der Waals surface area contributed by atoms with E-state index in [0.717, 1.165) is 65.9 Å². The molecule has 0 saturated carbocycles. The smallest absolute Gasteiger partial charge is 0.303 e. The molecule has 0 aromatic heterocycles. The largest absolute Gasteiger partial charge is 0.481 e. The van der Waals surface area contributed by atoms with Gasteiger partial charge in [-0.05, 0) is 72.7 Å². The molecule has 3 N–H and O–H groups in total. The summed E-state index contributed by atoms with van der Waals surface area (Å²) in [4.78, 5) is 25.4. The molecule has 0 aliphatic carbocycles. The monoisotopic (exact) mass is 614 g/mol. The molecule has 2 fully saturated rings. The quantitative estimate of drug-likeness (QED) is 0.177. The van der Waals surface area contributed by atoms with E-state index < -0.39 is 12.3 Å². The van der Waals surface area contributed by atoms with Crippen molar-refractivity contribution in [3.8, 4) is 11.1 Å². The number of carbonyl (C=O) groups is 2. The second kappa shape index (κ2) is 16.7. The average molecular weight is 615 g/mol. The van der Waals surface area contributed by atoms with Gasteiger partial charge >= 0.3 is 5.97 Å². The minimum atomic E-state index is -0.795. The Balaban J connectivity index is 1.21. The lowest BCUT2D eigenvalue weighted by atomic mass is 9.98. The summed E-state index contributed by atoms with van der Waals surface area (Å²) in [5.41, 5.74) is 6.12. The van der Waals surface area contributed by atoms with Crippen LogP contribution in [0.25, 0.3) is 11.1 Å². The van der Waals surface area contributed by atoms with Crippen LogP contribution in [-0.2, 0) is 32.2 Å². The summed E-state index contributed by atoms with van der Waals surface area (Å²) in [6.45, 7) is 3.61. The number of likely N-dealkylation sites (tertiary alicyclic amines) is 1. The van der Waals surface area contributed by atoms with Crippen molar-refractivity contribution in [2.75, 3.05) is 19.6 Å². The van der Waals surface area contributed by atoms with Crippen LogP contribution >= 0.6 is 0 Å². The maximum absolute atomic E-state index is 12.3. The first-order chi connectivity index (χ1) is 22.0. The third-order valence-corrected chi connectivity index (χ3v) is 8.75. The van der Waals surface area contributed by atoms with Crippen LogP contribution in [0.3, 0.4) is 0 Å². The van der Waals surface area contributed by atoms with Crippen LogP contribution < -0.4 is 5.32 Å². The van der Waals surface area contributed by atoms with Gasteiger partial charge in [0.15, 0.2) is 6.29 Å². The standard InChI is InChI=1S/C37H46N2O6/c40-26-27-12-14-30(15-13-27)34-23-33(25-39-20-5-2-6-21-39)44-37(45-34)31-18-16-29(17-19-31)32-9-7-8-28(22-32)24-38-35(41)10-3-1-4-11-36(42)43/h7-9,12-19,22,33-34,37,40H,1-6,10-11,20-21,23-26H2,(H,38,41)(H,42,43)/t33-,34+,37+/m1/s1. The highest BCUT2D eigenvalue weighted by Gasteiger charge is 2.33. The number of carboxylic acid groups (broad SMARTS) is 1. The number of ether oxygens (including phenoxy) is 2. The molecule has 240 valence electrons. The first-order valence-corrected chi connectivity index (χ1v) is 16.4. The summed E-state index contributed by atoms with van der Waals surface area (Å²) >= 11 is 0. The molecule has 3 atom stereocenters. The number of carbonyl (C=O) groups excluding carboxylic acids is 1. The number of aliphatic carboxylic acids is 1. The molecule has 8 heteroatoms. The molecule has 2 aliphatic rings. The number of carboxylic acids is 1. The highest BCUT2D eigenvalue weighted by molar-refractivity contribution is 5.76. The summed E-state index contributed by atoms with van der Waals surface area (Å²) in [6.07, 6.45) is 6.63. The van der Waals surface area contributed by atoms with Crippen molar-refractivity contribution in [1.29, 1.82) is 0 Å². The van der Waals surface area contributed by atoms with Crippen LogP contribution in [0.2, 0.25) is 0 Å². The van der Waals surface area contributed by atoms with Crippen molar-refractivity contribution in [2.24, 2.45) is 0 Å². The van der Waals surface area contributed by atoms with E-state index in [1.54, 1.807) is 0 Å². The first kappa shape index (κ1) is 32.8. The molecule has 2 aliphatic heterocycles. The average Bonchev–Trinajstić information content (AvgIpc) is 3.07. The Morgan fingerprint density at radius 2 is 1.53 bits per heavy atom. The maximum atomic E-state index is 12.3. The van der Waals surface area contributed by atoms with Gasteiger partial charge < -0.3 is 29.9 Å². The lowest BCUT2D eigenvalue weighted by Crippen LogP contribution is -2.41. The molecule has 0 unspecified atom stereocenters. The lowest BCUT2D eigenvalue weighted by molar-refractivity contribution is -0.253. The number of aliphatic hydroxyl groups excluding tert-OH is 1. The van der Waals surface area contributed by atoms with Gasteiger partial charge in [-0.25, -0.2) is 0 Å². The van der Waals surface area contributed by atoms with Crippen molar-refractivity contribution >= 4 is 11.9 Å². The van der Waals surface area contributed by atoms with Crippen LogP contribution in [0.4, 0.5) is 0 Å². The molecule has 8 nitrogen and oxygen atoms in total. The molecule has 3 aromatic rings. The summed E-state index contributed by atoms with van der Waals surface area (Å²) in [5.74, 6) is -0.814. The number of hydrogen-bond acceptors (Lipinski definition) is 6. The number of aliphatic hydroxyl groups is 1. The van der Waals surface area contributed by atoms with Crippen LogP contribution in [0.15, 0.2) is 72.8 Å². The van der Waals surface area contributed by atoms with Crippen LogP contribution in [0, 0.1) is 0 Å². The number of nitrogens with one attached hydrogen (secondary N) is 1. The molecule has 45 heavy (non-hydrogen) atoms. The molecule has 0 bridgehead atoms. The number of piperidine rings is 1. The number of unbranched alkanes of at least 4 members (excludes halogenated alkanes) is 2. The summed E-state index contributed by atoms with van der Waals surface area (Å²) < 4.78 is 13.1. The molecule has 2 heterocycles.